The topological polar surface area (TPSA) is 91.7 Å². The van der Waals surface area contributed by atoms with Crippen LogP contribution in [-0.4, -0.2) is 45.5 Å². The summed E-state index contributed by atoms with van der Waals surface area (Å²) < 4.78 is 5.79. The van der Waals surface area contributed by atoms with Gasteiger partial charge in [-0.2, -0.15) is 0 Å². The van der Waals surface area contributed by atoms with Crippen molar-refractivity contribution in [3.8, 4) is 0 Å². The average molecular weight is 409 g/mol. The van der Waals surface area contributed by atoms with Crippen LogP contribution >= 0.6 is 23.2 Å². The molecule has 3 heterocycles. The molecule has 2 bridgehead atoms. The average Bonchev–Trinajstić information content (AvgIpc) is 3.15. The number of carbonyl (C=O) groups excluding carboxylic acids is 1. The van der Waals surface area contributed by atoms with Gasteiger partial charge in [0.05, 0.1) is 28.2 Å². The summed E-state index contributed by atoms with van der Waals surface area (Å²) in [4.78, 5) is 17.2. The number of aliphatic hydroxyl groups is 2. The van der Waals surface area contributed by atoms with E-state index in [2.05, 4.69) is 10.3 Å². The predicted octanol–water partition coefficient (Wildman–Crippen LogP) is 2.54. The Kier molecular flexibility index (Phi) is 4.86. The first-order chi connectivity index (χ1) is 12.9. The van der Waals surface area contributed by atoms with Crippen LogP contribution in [0.25, 0.3) is 0 Å². The van der Waals surface area contributed by atoms with Crippen LogP contribution in [-0.2, 0) is 9.53 Å². The highest BCUT2D eigenvalue weighted by Gasteiger charge is 2.61. The Balaban J connectivity index is 1.65. The van der Waals surface area contributed by atoms with Gasteiger partial charge in [-0.05, 0) is 42.8 Å². The normalized spacial score (nSPS) is 31.9. The maximum Gasteiger partial charge on any atom is 0.230 e. The van der Waals surface area contributed by atoms with Gasteiger partial charge in [-0.1, -0.05) is 23.2 Å². The number of hydrogen-bond donors (Lipinski definition) is 3. The number of rotatable bonds is 3. The number of aromatic nitrogens is 1. The van der Waals surface area contributed by atoms with Crippen molar-refractivity contribution >= 4 is 34.8 Å². The lowest BCUT2D eigenvalue weighted by atomic mass is 9.72. The second kappa shape index (κ2) is 7.04. The Morgan fingerprint density at radius 3 is 2.56 bits per heavy atom. The van der Waals surface area contributed by atoms with E-state index in [1.54, 1.807) is 30.5 Å². The number of ether oxygens (including phenoxy) is 1. The minimum absolute atomic E-state index is 0.314. The SMILES string of the molecule is Cc1cc([C@H]2[C@H]3O[C@@H]([C@H](O)[C@@H]3O)[C@@H]2C(=O)Nc2ccc(Cl)c(Cl)c2)ccn1. The molecular weight excluding hydrogens is 391 g/mol. The Morgan fingerprint density at radius 2 is 1.85 bits per heavy atom. The number of amides is 1. The van der Waals surface area contributed by atoms with E-state index in [9.17, 15) is 15.0 Å². The lowest BCUT2D eigenvalue weighted by Gasteiger charge is -2.33. The first-order valence-corrected chi connectivity index (χ1v) is 9.32. The van der Waals surface area contributed by atoms with E-state index in [-0.39, 0.29) is 5.91 Å². The quantitative estimate of drug-likeness (QED) is 0.725. The number of carbonyl (C=O) groups is 1. The standard InChI is InChI=1S/C19H18Cl2N2O4/c1-8-6-9(4-5-22-8)13-14(18-16(25)15(24)17(13)27-18)19(26)23-10-2-3-11(20)12(21)7-10/h2-7,13-18,24-25H,1H3,(H,23,26)/t13-,14-,15+,16-,17-,18-/m1/s1. The summed E-state index contributed by atoms with van der Waals surface area (Å²) in [5, 5.41) is 24.1. The molecule has 0 unspecified atom stereocenters. The van der Waals surface area contributed by atoms with Gasteiger partial charge < -0.3 is 20.3 Å². The highest BCUT2D eigenvalue weighted by molar-refractivity contribution is 6.42. The highest BCUT2D eigenvalue weighted by atomic mass is 35.5. The Bertz CT molecular complexity index is 894. The number of pyridine rings is 1. The van der Waals surface area contributed by atoms with Crippen LogP contribution in [0.3, 0.4) is 0 Å². The van der Waals surface area contributed by atoms with E-state index < -0.39 is 36.3 Å². The third-order valence-corrected chi connectivity index (χ3v) is 5.97. The summed E-state index contributed by atoms with van der Waals surface area (Å²) in [5.74, 6) is -1.37. The monoisotopic (exact) mass is 408 g/mol. The van der Waals surface area contributed by atoms with Crippen molar-refractivity contribution in [1.29, 1.82) is 0 Å². The molecule has 1 aromatic carbocycles. The molecule has 4 rings (SSSR count). The summed E-state index contributed by atoms with van der Waals surface area (Å²) in [7, 11) is 0. The van der Waals surface area contributed by atoms with Crippen LogP contribution in [0.4, 0.5) is 5.69 Å². The van der Waals surface area contributed by atoms with E-state index in [4.69, 9.17) is 27.9 Å². The number of halogens is 2. The van der Waals surface area contributed by atoms with Gasteiger partial charge in [-0.3, -0.25) is 9.78 Å². The number of fused-ring (bicyclic) bond motifs is 2. The lowest BCUT2D eigenvalue weighted by molar-refractivity contribution is -0.124. The second-order valence-corrected chi connectivity index (χ2v) is 7.76. The molecule has 6 nitrogen and oxygen atoms in total. The van der Waals surface area contributed by atoms with Crippen molar-refractivity contribution in [3.63, 3.8) is 0 Å². The third-order valence-electron chi connectivity index (χ3n) is 5.23. The summed E-state index contributed by atoms with van der Waals surface area (Å²) in [6.45, 7) is 1.85. The zero-order valence-electron chi connectivity index (χ0n) is 14.3. The lowest BCUT2D eigenvalue weighted by Crippen LogP contribution is -2.49. The number of aryl methyl sites for hydroxylation is 1. The Hall–Kier alpha value is -1.70. The molecule has 0 spiro atoms. The first kappa shape index (κ1) is 18.7. The highest BCUT2D eigenvalue weighted by Crippen LogP contribution is 2.49. The molecular formula is C19H18Cl2N2O4. The fraction of sp³-hybridized carbons (Fsp3) is 0.368. The van der Waals surface area contributed by atoms with Crippen molar-refractivity contribution in [2.75, 3.05) is 5.32 Å². The van der Waals surface area contributed by atoms with Crippen LogP contribution in [0.2, 0.25) is 10.0 Å². The Morgan fingerprint density at radius 1 is 1.11 bits per heavy atom. The molecule has 0 radical (unpaired) electrons. The van der Waals surface area contributed by atoms with Crippen LogP contribution in [0.15, 0.2) is 36.5 Å². The molecule has 2 aliphatic heterocycles. The molecule has 2 aliphatic rings. The summed E-state index contributed by atoms with van der Waals surface area (Å²) in [5.41, 5.74) is 2.14. The van der Waals surface area contributed by atoms with E-state index in [0.29, 0.717) is 15.7 Å². The van der Waals surface area contributed by atoms with Crippen molar-refractivity contribution in [2.45, 2.75) is 37.3 Å². The third kappa shape index (κ3) is 3.22. The summed E-state index contributed by atoms with van der Waals surface area (Å²) in [6.07, 6.45) is -1.93. The van der Waals surface area contributed by atoms with E-state index >= 15 is 0 Å². The maximum absolute atomic E-state index is 13.0. The van der Waals surface area contributed by atoms with Crippen LogP contribution in [0, 0.1) is 12.8 Å². The van der Waals surface area contributed by atoms with Gasteiger partial charge in [0.25, 0.3) is 0 Å². The molecule has 3 N–H and O–H groups in total. The zero-order valence-corrected chi connectivity index (χ0v) is 15.9. The van der Waals surface area contributed by atoms with Gasteiger partial charge in [0.1, 0.15) is 12.2 Å². The van der Waals surface area contributed by atoms with Gasteiger partial charge in [0.2, 0.25) is 5.91 Å². The van der Waals surface area contributed by atoms with Crippen LogP contribution in [0.1, 0.15) is 17.2 Å². The zero-order chi connectivity index (χ0) is 19.3. The number of nitrogens with zero attached hydrogens (tertiary/aromatic N) is 1. The number of benzene rings is 1. The van der Waals surface area contributed by atoms with Gasteiger partial charge >= 0.3 is 0 Å². The molecule has 0 aliphatic carbocycles. The molecule has 1 aromatic heterocycles. The minimum Gasteiger partial charge on any atom is -0.388 e. The van der Waals surface area contributed by atoms with Crippen molar-refractivity contribution in [3.05, 3.63) is 57.8 Å². The molecule has 6 atom stereocenters. The van der Waals surface area contributed by atoms with E-state index in [1.165, 1.54) is 0 Å². The second-order valence-electron chi connectivity index (χ2n) is 6.95. The largest absolute Gasteiger partial charge is 0.388 e. The fourth-order valence-electron chi connectivity index (χ4n) is 4.02. The number of aliphatic hydroxyl groups excluding tert-OH is 2. The van der Waals surface area contributed by atoms with Gasteiger partial charge in [-0.15, -0.1) is 0 Å². The fourth-order valence-corrected chi connectivity index (χ4v) is 4.32. The van der Waals surface area contributed by atoms with E-state index in [1.807, 2.05) is 13.0 Å². The maximum atomic E-state index is 13.0. The smallest absolute Gasteiger partial charge is 0.230 e. The van der Waals surface area contributed by atoms with Crippen molar-refractivity contribution in [1.82, 2.24) is 4.98 Å². The van der Waals surface area contributed by atoms with Gasteiger partial charge in [0, 0.05) is 23.5 Å². The Labute approximate surface area is 166 Å². The van der Waals surface area contributed by atoms with Crippen LogP contribution < -0.4 is 5.32 Å². The number of anilines is 1. The van der Waals surface area contributed by atoms with Gasteiger partial charge in [-0.25, -0.2) is 0 Å². The predicted molar refractivity (Wildman–Crippen MR) is 101 cm³/mol. The minimum atomic E-state index is -1.11. The molecule has 1 amide bonds. The van der Waals surface area contributed by atoms with Crippen molar-refractivity contribution < 1.29 is 19.7 Å². The van der Waals surface area contributed by atoms with E-state index in [0.717, 1.165) is 11.3 Å². The first-order valence-electron chi connectivity index (χ1n) is 8.57. The summed E-state index contributed by atoms with van der Waals surface area (Å²) >= 11 is 11.9. The van der Waals surface area contributed by atoms with Gasteiger partial charge in [0.15, 0.2) is 0 Å². The molecule has 0 saturated carbocycles. The summed E-state index contributed by atoms with van der Waals surface area (Å²) in [6, 6.07) is 8.48. The van der Waals surface area contributed by atoms with Crippen LogP contribution in [0.5, 0.6) is 0 Å². The molecule has 8 heteroatoms. The molecule has 2 aromatic rings. The van der Waals surface area contributed by atoms with Crippen molar-refractivity contribution in [2.24, 2.45) is 5.92 Å². The molecule has 142 valence electrons. The molecule has 27 heavy (non-hydrogen) atoms. The number of nitrogens with one attached hydrogen (secondary N) is 1. The molecule has 2 saturated heterocycles. The molecule has 2 fully saturated rings. The number of hydrogen-bond acceptors (Lipinski definition) is 5.